The Labute approximate surface area is 198 Å². The van der Waals surface area contributed by atoms with Gasteiger partial charge >= 0.3 is 0 Å². The van der Waals surface area contributed by atoms with Crippen LogP contribution >= 0.6 is 0 Å². The normalized spacial score (nSPS) is 21.1. The van der Waals surface area contributed by atoms with E-state index in [1.807, 2.05) is 12.3 Å². The van der Waals surface area contributed by atoms with Gasteiger partial charge in [-0.2, -0.15) is 0 Å². The molecule has 1 N–H and O–H groups in total. The Morgan fingerprint density at radius 1 is 1.00 bits per heavy atom. The Kier molecular flexibility index (Phi) is 6.39. The summed E-state index contributed by atoms with van der Waals surface area (Å²) in [5.41, 5.74) is 5.92. The van der Waals surface area contributed by atoms with E-state index in [-0.39, 0.29) is 6.04 Å². The lowest BCUT2D eigenvalue weighted by Crippen LogP contribution is -2.35. The first-order chi connectivity index (χ1) is 16.1. The summed E-state index contributed by atoms with van der Waals surface area (Å²) in [6, 6.07) is 12.1. The molecule has 1 aliphatic heterocycles. The van der Waals surface area contributed by atoms with Crippen molar-refractivity contribution in [1.29, 1.82) is 0 Å². The van der Waals surface area contributed by atoms with Crippen LogP contribution in [0.15, 0.2) is 36.5 Å². The quantitative estimate of drug-likeness (QED) is 0.537. The van der Waals surface area contributed by atoms with Crippen LogP contribution in [0.3, 0.4) is 0 Å². The Hall–Kier alpha value is -2.44. The molecule has 2 aliphatic rings. The maximum absolute atomic E-state index is 5.12. The number of pyridine rings is 2. The molecule has 3 aromatic heterocycles. The zero-order valence-electron chi connectivity index (χ0n) is 20.6. The van der Waals surface area contributed by atoms with Crippen LogP contribution in [0.1, 0.15) is 73.8 Å². The fraction of sp³-hybridized carbons (Fsp3) is 0.556. The van der Waals surface area contributed by atoms with Gasteiger partial charge in [-0.3, -0.25) is 14.3 Å². The lowest BCUT2D eigenvalue weighted by atomic mass is 9.92. The molecule has 0 spiro atoms. The van der Waals surface area contributed by atoms with Gasteiger partial charge in [0.25, 0.3) is 0 Å². The molecule has 3 aromatic rings. The van der Waals surface area contributed by atoms with Crippen molar-refractivity contribution in [2.24, 2.45) is 0 Å². The van der Waals surface area contributed by atoms with Crippen molar-refractivity contribution in [2.45, 2.75) is 71.0 Å². The summed E-state index contributed by atoms with van der Waals surface area (Å²) in [6.45, 7) is 9.95. The van der Waals surface area contributed by atoms with Crippen molar-refractivity contribution in [3.05, 3.63) is 59.2 Å². The average Bonchev–Trinajstić information content (AvgIpc) is 3.62. The number of aromatic nitrogens is 3. The summed E-state index contributed by atoms with van der Waals surface area (Å²) in [5.74, 6) is 1.23. The van der Waals surface area contributed by atoms with E-state index >= 15 is 0 Å². The van der Waals surface area contributed by atoms with Crippen molar-refractivity contribution < 1.29 is 0 Å². The Morgan fingerprint density at radius 3 is 2.52 bits per heavy atom. The van der Waals surface area contributed by atoms with Crippen molar-refractivity contribution in [2.75, 3.05) is 31.6 Å². The van der Waals surface area contributed by atoms with Gasteiger partial charge in [0.05, 0.1) is 23.5 Å². The second-order valence-electron chi connectivity index (χ2n) is 9.85. The first kappa shape index (κ1) is 22.4. The molecule has 0 aromatic carbocycles. The lowest BCUT2D eigenvalue weighted by Gasteiger charge is -2.31. The third-order valence-electron chi connectivity index (χ3n) is 7.57. The zero-order chi connectivity index (χ0) is 22.9. The van der Waals surface area contributed by atoms with E-state index < -0.39 is 0 Å². The van der Waals surface area contributed by atoms with Crippen molar-refractivity contribution in [3.63, 3.8) is 0 Å². The average molecular weight is 447 g/mol. The number of hydrogen-bond donors (Lipinski definition) is 1. The Balaban J connectivity index is 1.38. The predicted octanol–water partition coefficient (Wildman–Crippen LogP) is 4.82. The number of nitrogens with one attached hydrogen (secondary N) is 1. The molecule has 176 valence electrons. The highest BCUT2D eigenvalue weighted by molar-refractivity contribution is 5.55. The molecule has 0 bridgehead atoms. The van der Waals surface area contributed by atoms with E-state index in [4.69, 9.17) is 9.97 Å². The van der Waals surface area contributed by atoms with Gasteiger partial charge in [-0.05, 0) is 76.3 Å². The number of anilines is 1. The molecule has 1 saturated carbocycles. The monoisotopic (exact) mass is 446 g/mol. The van der Waals surface area contributed by atoms with Gasteiger partial charge in [0.1, 0.15) is 11.5 Å². The molecule has 6 heteroatoms. The van der Waals surface area contributed by atoms with Gasteiger partial charge in [-0.1, -0.05) is 19.1 Å². The SMILES string of the molecule is CCN(CCN(C)c1cccc2nc([C@H]3CCC[C@@H](c4ncccc4C)N3)c(C)n12)C1CC1. The van der Waals surface area contributed by atoms with Crippen molar-refractivity contribution >= 4 is 11.5 Å². The highest BCUT2D eigenvalue weighted by Crippen LogP contribution is 2.35. The standard InChI is InChI=1S/C27H38N6/c1-5-32(21-14-15-21)18-17-31(4)25-13-7-12-24-30-27(20(3)33(24)25)23-11-6-10-22(29-23)26-19(2)9-8-16-28-26/h7-9,12-13,16,21-23,29H,5-6,10-11,14-15,17-18H2,1-4H3/t22-,23+/m0/s1. The second-order valence-corrected chi connectivity index (χ2v) is 9.85. The Morgan fingerprint density at radius 2 is 1.79 bits per heavy atom. The first-order valence-electron chi connectivity index (χ1n) is 12.7. The Bertz CT molecular complexity index is 1100. The predicted molar refractivity (Wildman–Crippen MR) is 135 cm³/mol. The molecule has 4 heterocycles. The largest absolute Gasteiger partial charge is 0.359 e. The third-order valence-corrected chi connectivity index (χ3v) is 7.57. The number of fused-ring (bicyclic) bond motifs is 1. The van der Waals surface area contributed by atoms with E-state index in [0.29, 0.717) is 6.04 Å². The van der Waals surface area contributed by atoms with E-state index in [0.717, 1.165) is 44.2 Å². The van der Waals surface area contributed by atoms with E-state index in [2.05, 4.69) is 71.6 Å². The summed E-state index contributed by atoms with van der Waals surface area (Å²) in [6.07, 6.45) is 8.07. The summed E-state index contributed by atoms with van der Waals surface area (Å²) in [4.78, 5) is 14.8. The number of likely N-dealkylation sites (N-methyl/N-ethyl adjacent to an activating group) is 2. The van der Waals surface area contributed by atoms with Crippen LogP contribution in [0, 0.1) is 13.8 Å². The minimum atomic E-state index is 0.258. The highest BCUT2D eigenvalue weighted by Gasteiger charge is 2.29. The number of aryl methyl sites for hydroxylation is 2. The minimum absolute atomic E-state index is 0.258. The number of nitrogens with zero attached hydrogens (tertiary/aromatic N) is 5. The van der Waals surface area contributed by atoms with Crippen LogP contribution in [0.4, 0.5) is 5.82 Å². The minimum Gasteiger partial charge on any atom is -0.359 e. The van der Waals surface area contributed by atoms with Crippen LogP contribution in [0.5, 0.6) is 0 Å². The van der Waals surface area contributed by atoms with Gasteiger partial charge in [0, 0.05) is 38.1 Å². The molecule has 6 nitrogen and oxygen atoms in total. The van der Waals surface area contributed by atoms with Gasteiger partial charge in [-0.25, -0.2) is 4.98 Å². The first-order valence-corrected chi connectivity index (χ1v) is 12.7. The van der Waals surface area contributed by atoms with Crippen molar-refractivity contribution in [3.8, 4) is 0 Å². The topological polar surface area (TPSA) is 48.7 Å². The number of piperidine rings is 1. The fourth-order valence-electron chi connectivity index (χ4n) is 5.53. The molecule has 1 aliphatic carbocycles. The van der Waals surface area contributed by atoms with E-state index in [9.17, 15) is 0 Å². The molecule has 0 unspecified atom stereocenters. The van der Waals surface area contributed by atoms with Crippen LogP contribution in [-0.2, 0) is 0 Å². The molecule has 0 amide bonds. The maximum Gasteiger partial charge on any atom is 0.138 e. The van der Waals surface area contributed by atoms with Crippen LogP contribution in [-0.4, -0.2) is 52.0 Å². The highest BCUT2D eigenvalue weighted by atomic mass is 15.3. The summed E-state index contributed by atoms with van der Waals surface area (Å²) in [5, 5.41) is 3.89. The lowest BCUT2D eigenvalue weighted by molar-refractivity contribution is 0.284. The zero-order valence-corrected chi connectivity index (χ0v) is 20.6. The van der Waals surface area contributed by atoms with Crippen LogP contribution in [0.2, 0.25) is 0 Å². The molecule has 33 heavy (non-hydrogen) atoms. The number of hydrogen-bond acceptors (Lipinski definition) is 5. The molecule has 1 saturated heterocycles. The molecular weight excluding hydrogens is 408 g/mol. The molecule has 5 rings (SSSR count). The van der Waals surface area contributed by atoms with Crippen LogP contribution in [0.25, 0.3) is 5.65 Å². The number of rotatable bonds is 8. The third kappa shape index (κ3) is 4.51. The summed E-state index contributed by atoms with van der Waals surface area (Å²) < 4.78 is 2.35. The summed E-state index contributed by atoms with van der Waals surface area (Å²) >= 11 is 0. The number of imidazole rings is 1. The van der Waals surface area contributed by atoms with Gasteiger partial charge in [0.2, 0.25) is 0 Å². The van der Waals surface area contributed by atoms with Gasteiger partial charge in [-0.15, -0.1) is 0 Å². The van der Waals surface area contributed by atoms with Crippen molar-refractivity contribution in [1.82, 2.24) is 24.6 Å². The molecule has 2 atom stereocenters. The van der Waals surface area contributed by atoms with E-state index in [1.54, 1.807) is 0 Å². The van der Waals surface area contributed by atoms with Crippen LogP contribution < -0.4 is 10.2 Å². The smallest absolute Gasteiger partial charge is 0.138 e. The molecule has 2 fully saturated rings. The summed E-state index contributed by atoms with van der Waals surface area (Å²) in [7, 11) is 2.22. The molecular formula is C27H38N6. The van der Waals surface area contributed by atoms with Gasteiger partial charge in [0.15, 0.2) is 0 Å². The fourth-order valence-corrected chi connectivity index (χ4v) is 5.53. The second kappa shape index (κ2) is 9.43. The van der Waals surface area contributed by atoms with Gasteiger partial charge < -0.3 is 10.2 Å². The maximum atomic E-state index is 5.12. The van der Waals surface area contributed by atoms with E-state index in [1.165, 1.54) is 47.7 Å². The molecule has 0 radical (unpaired) electrons.